The number of hydrogen-bond donors (Lipinski definition) is 8. The van der Waals surface area contributed by atoms with Crippen molar-refractivity contribution in [1.82, 2.24) is 15.5 Å². The fraction of sp³-hybridized carbons (Fsp3) is 0.667. The molecule has 1 aliphatic carbocycles. The van der Waals surface area contributed by atoms with Crippen LogP contribution in [0.4, 0.5) is 0 Å². The lowest BCUT2D eigenvalue weighted by atomic mass is 9.83. The molecule has 2 aliphatic rings. The van der Waals surface area contributed by atoms with E-state index in [-0.39, 0.29) is 42.6 Å². The van der Waals surface area contributed by atoms with Gasteiger partial charge in [0.25, 0.3) is 0 Å². The summed E-state index contributed by atoms with van der Waals surface area (Å²) < 4.78 is 0. The summed E-state index contributed by atoms with van der Waals surface area (Å²) in [5.41, 5.74) is 11.4. The summed E-state index contributed by atoms with van der Waals surface area (Å²) in [6.45, 7) is 3.76. The number of nitrogens with one attached hydrogen (secondary N) is 2. The Labute approximate surface area is 252 Å². The van der Waals surface area contributed by atoms with Crippen molar-refractivity contribution in [2.45, 2.75) is 102 Å². The van der Waals surface area contributed by atoms with E-state index in [0.29, 0.717) is 57.1 Å². The third kappa shape index (κ3) is 9.28. The van der Waals surface area contributed by atoms with Gasteiger partial charge in [0.05, 0.1) is 18.8 Å². The maximum atomic E-state index is 14.3. The highest BCUT2D eigenvalue weighted by atomic mass is 16.3. The van der Waals surface area contributed by atoms with E-state index in [2.05, 4.69) is 15.6 Å². The molecule has 2 fully saturated rings. The van der Waals surface area contributed by atoms with E-state index in [1.54, 1.807) is 12.1 Å². The molecule has 0 bridgehead atoms. The fourth-order valence-electron chi connectivity index (χ4n) is 6.08. The Morgan fingerprint density at radius 3 is 2.44 bits per heavy atom. The van der Waals surface area contributed by atoms with Crippen molar-refractivity contribution in [2.24, 2.45) is 28.3 Å². The van der Waals surface area contributed by atoms with Crippen LogP contribution < -0.4 is 22.1 Å². The molecule has 13 nitrogen and oxygen atoms in total. The zero-order valence-electron chi connectivity index (χ0n) is 25.1. The lowest BCUT2D eigenvalue weighted by molar-refractivity contribution is -0.147. The number of nitrogens with zero attached hydrogens (tertiary/aromatic N) is 2. The number of benzene rings is 1. The lowest BCUT2D eigenvalue weighted by Crippen LogP contribution is -2.60. The second-order valence-corrected chi connectivity index (χ2v) is 11.9. The molecule has 8 atom stereocenters. The van der Waals surface area contributed by atoms with Gasteiger partial charge in [-0.05, 0) is 68.1 Å². The van der Waals surface area contributed by atoms with Gasteiger partial charge in [0.1, 0.15) is 23.9 Å². The zero-order chi connectivity index (χ0) is 31.7. The molecule has 3 amide bonds. The molecule has 1 aliphatic heterocycles. The molecular weight excluding hydrogens is 556 g/mol. The first-order chi connectivity index (χ1) is 20.4. The average Bonchev–Trinajstić information content (AvgIpc) is 3.36. The van der Waals surface area contributed by atoms with Gasteiger partial charge in [0, 0.05) is 19.0 Å². The first-order valence-corrected chi connectivity index (χ1v) is 15.2. The third-order valence-electron chi connectivity index (χ3n) is 8.72. The molecule has 240 valence electrons. The summed E-state index contributed by atoms with van der Waals surface area (Å²) in [7, 11) is 0. The number of phenols is 1. The Morgan fingerprint density at radius 1 is 1.12 bits per heavy atom. The lowest BCUT2D eigenvalue weighted by Gasteiger charge is -2.38. The predicted molar refractivity (Wildman–Crippen MR) is 161 cm³/mol. The molecule has 3 rings (SSSR count). The highest BCUT2D eigenvalue weighted by Crippen LogP contribution is 2.40. The van der Waals surface area contributed by atoms with Crippen molar-refractivity contribution in [2.75, 3.05) is 13.2 Å². The monoisotopic (exact) mass is 604 g/mol. The van der Waals surface area contributed by atoms with Crippen molar-refractivity contribution < 1.29 is 34.8 Å². The van der Waals surface area contributed by atoms with Crippen LogP contribution in [0.3, 0.4) is 0 Å². The van der Waals surface area contributed by atoms with Crippen LogP contribution in [0.2, 0.25) is 0 Å². The number of carbonyl (C=O) groups is 3. The van der Waals surface area contributed by atoms with Gasteiger partial charge in [-0.15, -0.1) is 0 Å². The highest BCUT2D eigenvalue weighted by molar-refractivity contribution is 5.94. The number of nitrogens with two attached hydrogens (primary N) is 2. The number of amides is 3. The minimum absolute atomic E-state index is 0.00548. The number of hydrogen-bond acceptors (Lipinski definition) is 8. The van der Waals surface area contributed by atoms with E-state index in [1.807, 2.05) is 13.8 Å². The third-order valence-corrected chi connectivity index (χ3v) is 8.72. The molecule has 0 unspecified atom stereocenters. The molecule has 1 saturated heterocycles. The summed E-state index contributed by atoms with van der Waals surface area (Å²) in [5, 5.41) is 46.2. The molecule has 43 heavy (non-hydrogen) atoms. The molecule has 0 aromatic heterocycles. The Balaban J connectivity index is 1.79. The number of carbonyl (C=O) groups excluding carboxylic acids is 3. The maximum Gasteiger partial charge on any atom is 0.249 e. The van der Waals surface area contributed by atoms with E-state index in [0.717, 1.165) is 0 Å². The van der Waals surface area contributed by atoms with Crippen LogP contribution in [-0.4, -0.2) is 98.5 Å². The first-order valence-electron chi connectivity index (χ1n) is 15.2. The Morgan fingerprint density at radius 2 is 1.81 bits per heavy atom. The van der Waals surface area contributed by atoms with Crippen LogP contribution in [0.25, 0.3) is 0 Å². The molecule has 10 N–H and O–H groups in total. The van der Waals surface area contributed by atoms with Crippen molar-refractivity contribution >= 4 is 23.7 Å². The van der Waals surface area contributed by atoms with Gasteiger partial charge >= 0.3 is 0 Å². The fourth-order valence-corrected chi connectivity index (χ4v) is 6.08. The summed E-state index contributed by atoms with van der Waals surface area (Å²) >= 11 is 0. The average molecular weight is 605 g/mol. The van der Waals surface area contributed by atoms with E-state index in [9.17, 15) is 34.8 Å². The number of aliphatic imine (C=N–C) groups is 1. The summed E-state index contributed by atoms with van der Waals surface area (Å²) in [4.78, 5) is 46.4. The molecule has 1 aromatic carbocycles. The summed E-state index contributed by atoms with van der Waals surface area (Å²) in [6, 6.07) is 3.34. The number of guanidine groups is 1. The normalized spacial score (nSPS) is 24.3. The Hall–Kier alpha value is -3.42. The summed E-state index contributed by atoms with van der Waals surface area (Å²) in [6.07, 6.45) is 1.43. The van der Waals surface area contributed by atoms with Crippen LogP contribution in [-0.2, 0) is 20.8 Å². The number of rotatable bonds is 14. The molecular formula is C30H48N6O7. The number of aromatic hydroxyl groups is 1. The quantitative estimate of drug-likeness (QED) is 0.0776. The molecule has 0 radical (unpaired) electrons. The summed E-state index contributed by atoms with van der Waals surface area (Å²) in [5.74, 6) is -1.83. The van der Waals surface area contributed by atoms with Crippen LogP contribution in [0, 0.1) is 11.8 Å². The number of aliphatic hydroxyl groups excluding tert-OH is 3. The number of fused-ring (bicyclic) bond motifs is 1. The van der Waals surface area contributed by atoms with E-state index < -0.39 is 48.1 Å². The van der Waals surface area contributed by atoms with Crippen LogP contribution >= 0.6 is 0 Å². The van der Waals surface area contributed by atoms with Crippen molar-refractivity contribution in [1.29, 1.82) is 0 Å². The highest BCUT2D eigenvalue weighted by Gasteiger charge is 2.51. The molecule has 1 saturated carbocycles. The SMILES string of the molecule is CC[C@@H](C)[C@@H](NC(=O)[C@H](O)Cc1ccc(O)cc1)C(=O)N1[C@H](C(=O)N[C@H](CO)CCCN=C(N)N)C[C@@H]2CC[C@@H](O)C[C@@H]21. The number of likely N-dealkylation sites (tertiary alicyclic amines) is 1. The van der Waals surface area contributed by atoms with Gasteiger partial charge < -0.3 is 47.4 Å². The topological polar surface area (TPSA) is 224 Å². The van der Waals surface area contributed by atoms with Crippen molar-refractivity contribution in [3.63, 3.8) is 0 Å². The number of phenolic OH excluding ortho intramolecular Hbond substituents is 1. The predicted octanol–water partition coefficient (Wildman–Crippen LogP) is -0.512. The van der Waals surface area contributed by atoms with E-state index in [4.69, 9.17) is 11.5 Å². The second kappa shape index (κ2) is 15.9. The van der Waals surface area contributed by atoms with Crippen LogP contribution in [0.1, 0.15) is 64.4 Å². The first kappa shape index (κ1) is 34.1. The molecule has 0 spiro atoms. The van der Waals surface area contributed by atoms with Gasteiger partial charge in [-0.3, -0.25) is 19.4 Å². The van der Waals surface area contributed by atoms with E-state index in [1.165, 1.54) is 17.0 Å². The Kier molecular flexibility index (Phi) is 12.6. The van der Waals surface area contributed by atoms with Crippen LogP contribution in [0.15, 0.2) is 29.3 Å². The Bertz CT molecular complexity index is 1110. The minimum atomic E-state index is -1.44. The second-order valence-electron chi connectivity index (χ2n) is 11.9. The molecule has 13 heteroatoms. The van der Waals surface area contributed by atoms with Gasteiger partial charge in [-0.1, -0.05) is 32.4 Å². The maximum absolute atomic E-state index is 14.3. The van der Waals surface area contributed by atoms with Gasteiger partial charge in [0.2, 0.25) is 17.7 Å². The minimum Gasteiger partial charge on any atom is -0.508 e. The smallest absolute Gasteiger partial charge is 0.249 e. The molecule has 1 heterocycles. The standard InChI is InChI=1S/C30H48N6O7/c1-3-17(2)26(35-28(42)25(40)13-18-6-9-21(38)10-7-18)29(43)36-23-15-22(39)11-8-19(23)14-24(36)27(41)34-20(16-37)5-4-12-33-30(31)32/h6-7,9-10,17,19-20,22-26,37-40H,3-5,8,11-16H2,1-2H3,(H,34,41)(H,35,42)(H4,31,32,33)/t17-,19+,20+,22-,23+,24+,25-,26-/m1/s1. The van der Waals surface area contributed by atoms with Crippen LogP contribution in [0.5, 0.6) is 5.75 Å². The van der Waals surface area contributed by atoms with Crippen molar-refractivity contribution in [3.8, 4) is 5.75 Å². The van der Waals surface area contributed by atoms with Gasteiger partial charge in [0.15, 0.2) is 5.96 Å². The van der Waals surface area contributed by atoms with E-state index >= 15 is 0 Å². The zero-order valence-corrected chi connectivity index (χ0v) is 25.1. The van der Waals surface area contributed by atoms with Crippen molar-refractivity contribution in [3.05, 3.63) is 29.8 Å². The van der Waals surface area contributed by atoms with Gasteiger partial charge in [-0.2, -0.15) is 0 Å². The largest absolute Gasteiger partial charge is 0.508 e. The van der Waals surface area contributed by atoms with Gasteiger partial charge in [-0.25, -0.2) is 0 Å². The molecule has 1 aromatic rings. The number of aliphatic hydroxyl groups is 3.